The number of aromatic nitrogens is 3. The lowest BCUT2D eigenvalue weighted by molar-refractivity contribution is 1.05. The molecule has 0 radical (unpaired) electrons. The molecule has 2 aromatic heterocycles. The molecule has 5 heteroatoms. The maximum Gasteiger partial charge on any atom is 0.183 e. The largest absolute Gasteiger partial charge is 0.329 e. The summed E-state index contributed by atoms with van der Waals surface area (Å²) in [7, 11) is 0. The van der Waals surface area contributed by atoms with Crippen LogP contribution in [0.2, 0.25) is 0 Å². The molecular weight excluding hydrogens is 346 g/mol. The number of nitrogens with one attached hydrogen (secondary N) is 1. The first-order valence-electron chi connectivity index (χ1n) is 6.48. The van der Waals surface area contributed by atoms with Crippen LogP contribution in [0.25, 0.3) is 27.6 Å². The lowest BCUT2D eigenvalue weighted by Crippen LogP contribution is -1.95. The van der Waals surface area contributed by atoms with Crippen molar-refractivity contribution in [3.05, 3.63) is 64.0 Å². The van der Waals surface area contributed by atoms with Gasteiger partial charge in [0, 0.05) is 10.7 Å². The van der Waals surface area contributed by atoms with Crippen molar-refractivity contribution >= 4 is 50.1 Å². The summed E-state index contributed by atoms with van der Waals surface area (Å²) in [6, 6.07) is 16.4. The van der Waals surface area contributed by atoms with Gasteiger partial charge >= 0.3 is 0 Å². The van der Waals surface area contributed by atoms with Gasteiger partial charge in [0.05, 0.1) is 11.2 Å². The highest BCUT2D eigenvalue weighted by Crippen LogP contribution is 2.24. The second kappa shape index (κ2) is 4.79. The fraction of sp³-hybridized carbons (Fsp3) is 0. The summed E-state index contributed by atoms with van der Waals surface area (Å²) >= 11 is 8.94. The molecule has 0 atom stereocenters. The fourth-order valence-corrected chi connectivity index (χ4v) is 3.20. The van der Waals surface area contributed by atoms with Crippen molar-refractivity contribution in [3.8, 4) is 5.69 Å². The van der Waals surface area contributed by atoms with E-state index in [1.54, 1.807) is 6.20 Å². The first-order chi connectivity index (χ1) is 10.2. The summed E-state index contributed by atoms with van der Waals surface area (Å²) in [5, 5.41) is 2.36. The quantitative estimate of drug-likeness (QED) is 0.487. The van der Waals surface area contributed by atoms with Gasteiger partial charge in [-0.2, -0.15) is 0 Å². The Balaban J connectivity index is 2.02. The molecule has 2 aromatic carbocycles. The summed E-state index contributed by atoms with van der Waals surface area (Å²) < 4.78 is 3.69. The zero-order valence-electron chi connectivity index (χ0n) is 10.9. The minimum atomic E-state index is 0.653. The highest BCUT2D eigenvalue weighted by molar-refractivity contribution is 9.10. The second-order valence-electron chi connectivity index (χ2n) is 4.82. The van der Waals surface area contributed by atoms with Gasteiger partial charge in [-0.05, 0) is 59.4 Å². The van der Waals surface area contributed by atoms with Crippen LogP contribution in [0.3, 0.4) is 0 Å². The van der Waals surface area contributed by atoms with Crippen LogP contribution < -0.4 is 0 Å². The molecule has 0 amide bonds. The molecule has 0 aliphatic rings. The molecule has 0 aliphatic heterocycles. The van der Waals surface area contributed by atoms with E-state index in [4.69, 9.17) is 12.2 Å². The Morgan fingerprint density at radius 1 is 1.05 bits per heavy atom. The molecule has 0 saturated carbocycles. The van der Waals surface area contributed by atoms with E-state index >= 15 is 0 Å². The van der Waals surface area contributed by atoms with E-state index in [1.807, 2.05) is 22.8 Å². The summed E-state index contributed by atoms with van der Waals surface area (Å²) in [6.45, 7) is 0. The number of imidazole rings is 1. The van der Waals surface area contributed by atoms with Crippen LogP contribution in [0.5, 0.6) is 0 Å². The molecule has 4 aromatic rings. The van der Waals surface area contributed by atoms with Crippen LogP contribution in [0.4, 0.5) is 0 Å². The SMILES string of the molecule is S=c1[nH]c2cccnc2n1-c1ccc2cc(Br)ccc2c1. The number of hydrogen-bond acceptors (Lipinski definition) is 2. The number of hydrogen-bond donors (Lipinski definition) is 1. The first kappa shape index (κ1) is 12.7. The Morgan fingerprint density at radius 3 is 2.76 bits per heavy atom. The van der Waals surface area contributed by atoms with E-state index in [1.165, 1.54) is 10.8 Å². The number of benzene rings is 2. The molecular formula is C16H10BrN3S. The number of aromatic amines is 1. The zero-order chi connectivity index (χ0) is 14.4. The van der Waals surface area contributed by atoms with E-state index in [9.17, 15) is 0 Å². The first-order valence-corrected chi connectivity index (χ1v) is 7.68. The number of pyridine rings is 1. The molecule has 4 rings (SSSR count). The van der Waals surface area contributed by atoms with Gasteiger partial charge in [0.1, 0.15) is 0 Å². The molecule has 0 fully saturated rings. The number of H-pyrrole nitrogens is 1. The van der Waals surface area contributed by atoms with Crippen LogP contribution in [0.1, 0.15) is 0 Å². The molecule has 21 heavy (non-hydrogen) atoms. The predicted molar refractivity (Wildman–Crippen MR) is 91.5 cm³/mol. The highest BCUT2D eigenvalue weighted by atomic mass is 79.9. The predicted octanol–water partition coefficient (Wildman–Crippen LogP) is 5.00. The molecule has 0 bridgehead atoms. The van der Waals surface area contributed by atoms with Crippen LogP contribution >= 0.6 is 28.1 Å². The van der Waals surface area contributed by atoms with Gasteiger partial charge in [0.2, 0.25) is 0 Å². The molecule has 0 unspecified atom stereocenters. The summed E-state index contributed by atoms with van der Waals surface area (Å²) in [5.74, 6) is 0. The van der Waals surface area contributed by atoms with Gasteiger partial charge in [-0.25, -0.2) is 4.98 Å². The van der Waals surface area contributed by atoms with E-state index < -0.39 is 0 Å². The average molecular weight is 356 g/mol. The van der Waals surface area contributed by atoms with Gasteiger partial charge in [0.15, 0.2) is 10.4 Å². The van der Waals surface area contributed by atoms with Gasteiger partial charge in [-0.15, -0.1) is 0 Å². The Morgan fingerprint density at radius 2 is 1.86 bits per heavy atom. The monoisotopic (exact) mass is 355 g/mol. The van der Waals surface area contributed by atoms with E-state index in [0.29, 0.717) is 4.77 Å². The van der Waals surface area contributed by atoms with E-state index in [2.05, 4.69) is 56.2 Å². The zero-order valence-corrected chi connectivity index (χ0v) is 13.3. The standard InChI is InChI=1S/C16H10BrN3S/c17-12-5-3-11-9-13(6-4-10(11)8-12)20-15-14(19-16(20)21)2-1-7-18-15/h1-9H,(H,19,21). The normalized spacial score (nSPS) is 11.3. The molecule has 1 N–H and O–H groups in total. The maximum atomic E-state index is 5.44. The summed E-state index contributed by atoms with van der Waals surface area (Å²) in [4.78, 5) is 7.62. The van der Waals surface area contributed by atoms with Crippen molar-refractivity contribution in [2.45, 2.75) is 0 Å². The minimum absolute atomic E-state index is 0.653. The third-order valence-electron chi connectivity index (χ3n) is 3.49. The van der Waals surface area contributed by atoms with Gasteiger partial charge < -0.3 is 4.98 Å². The molecule has 0 spiro atoms. The summed E-state index contributed by atoms with van der Waals surface area (Å²) in [5.41, 5.74) is 2.80. The Hall–Kier alpha value is -1.98. The number of halogens is 1. The van der Waals surface area contributed by atoms with Crippen molar-refractivity contribution in [3.63, 3.8) is 0 Å². The van der Waals surface area contributed by atoms with Crippen molar-refractivity contribution in [2.24, 2.45) is 0 Å². The molecule has 102 valence electrons. The minimum Gasteiger partial charge on any atom is -0.329 e. The highest BCUT2D eigenvalue weighted by Gasteiger charge is 2.07. The molecule has 3 nitrogen and oxygen atoms in total. The van der Waals surface area contributed by atoms with Crippen LogP contribution in [0.15, 0.2) is 59.2 Å². The lowest BCUT2D eigenvalue weighted by Gasteiger charge is -2.06. The maximum absolute atomic E-state index is 5.44. The Bertz CT molecular complexity index is 1030. The molecule has 0 saturated heterocycles. The number of rotatable bonds is 1. The average Bonchev–Trinajstić information content (AvgIpc) is 2.82. The van der Waals surface area contributed by atoms with Gasteiger partial charge in [-0.3, -0.25) is 4.57 Å². The van der Waals surface area contributed by atoms with Crippen LogP contribution in [-0.4, -0.2) is 14.5 Å². The number of nitrogens with zero attached hydrogens (tertiary/aromatic N) is 2. The van der Waals surface area contributed by atoms with Crippen molar-refractivity contribution < 1.29 is 0 Å². The molecule has 0 aliphatic carbocycles. The van der Waals surface area contributed by atoms with Crippen LogP contribution in [0, 0.1) is 4.77 Å². The Kier molecular flexibility index (Phi) is 2.90. The second-order valence-corrected chi connectivity index (χ2v) is 6.12. The third-order valence-corrected chi connectivity index (χ3v) is 4.27. The fourth-order valence-electron chi connectivity index (χ4n) is 2.52. The van der Waals surface area contributed by atoms with Gasteiger partial charge in [0.25, 0.3) is 0 Å². The van der Waals surface area contributed by atoms with E-state index in [-0.39, 0.29) is 0 Å². The number of fused-ring (bicyclic) bond motifs is 2. The van der Waals surface area contributed by atoms with Crippen molar-refractivity contribution in [1.29, 1.82) is 0 Å². The smallest absolute Gasteiger partial charge is 0.183 e. The van der Waals surface area contributed by atoms with Gasteiger partial charge in [-0.1, -0.05) is 28.1 Å². The molecule has 2 heterocycles. The topological polar surface area (TPSA) is 33.6 Å². The van der Waals surface area contributed by atoms with E-state index in [0.717, 1.165) is 21.3 Å². The lowest BCUT2D eigenvalue weighted by atomic mass is 10.1. The third kappa shape index (κ3) is 2.09. The summed E-state index contributed by atoms with van der Waals surface area (Å²) in [6.07, 6.45) is 1.78. The van der Waals surface area contributed by atoms with Crippen LogP contribution in [-0.2, 0) is 0 Å². The van der Waals surface area contributed by atoms with Crippen molar-refractivity contribution in [2.75, 3.05) is 0 Å². The van der Waals surface area contributed by atoms with Crippen molar-refractivity contribution in [1.82, 2.24) is 14.5 Å². The Labute approximate surface area is 134 Å².